The quantitative estimate of drug-likeness (QED) is 0.920. The Morgan fingerprint density at radius 1 is 1.23 bits per heavy atom. The number of hydrogen-bond acceptors (Lipinski definition) is 3. The Hall–Kier alpha value is -1.88. The Balaban J connectivity index is 1.59. The van der Waals surface area contributed by atoms with Crippen LogP contribution in [0.25, 0.3) is 11.0 Å². The zero-order chi connectivity index (χ0) is 18.1. The maximum absolute atomic E-state index is 13.0. The first-order chi connectivity index (χ1) is 12.6. The average Bonchev–Trinajstić information content (AvgIpc) is 3.08. The van der Waals surface area contributed by atoms with E-state index in [9.17, 15) is 4.79 Å². The molecule has 2 saturated heterocycles. The van der Waals surface area contributed by atoms with E-state index >= 15 is 0 Å². The zero-order valence-corrected chi connectivity index (χ0v) is 15.9. The van der Waals surface area contributed by atoms with Crippen LogP contribution in [0.2, 0.25) is 0 Å². The van der Waals surface area contributed by atoms with Crippen molar-refractivity contribution in [1.29, 1.82) is 0 Å². The molecule has 3 heterocycles. The third-order valence-electron chi connectivity index (χ3n) is 5.88. The maximum atomic E-state index is 13.0. The van der Waals surface area contributed by atoms with Crippen molar-refractivity contribution in [3.05, 3.63) is 30.1 Å². The molecule has 1 N–H and O–H groups in total. The second kappa shape index (κ2) is 7.39. The molecule has 0 spiro atoms. The monoisotopic (exact) mass is 354 g/mol. The molecule has 1 aromatic carbocycles. The predicted octanol–water partition coefficient (Wildman–Crippen LogP) is 3.32. The lowest BCUT2D eigenvalue weighted by molar-refractivity contribution is -0.137. The van der Waals surface area contributed by atoms with Gasteiger partial charge < -0.3 is 14.8 Å². The number of nitrogens with one attached hydrogen (secondary N) is 1. The largest absolute Gasteiger partial charge is 0.342 e. The lowest BCUT2D eigenvalue weighted by Gasteiger charge is -2.36. The molecule has 0 aliphatic carbocycles. The van der Waals surface area contributed by atoms with E-state index in [0.29, 0.717) is 17.9 Å². The standard InChI is InChI=1S/C21H30N4O/c1-15(2)25-19-10-4-3-9-18(19)23-20(25)17-8-6-12-24(14-17)21(26)16-7-5-11-22-13-16/h3-4,9-10,15-17,22H,5-8,11-14H2,1-2H3. The Labute approximate surface area is 155 Å². The summed E-state index contributed by atoms with van der Waals surface area (Å²) in [5.74, 6) is 1.99. The van der Waals surface area contributed by atoms with Crippen molar-refractivity contribution in [1.82, 2.24) is 19.8 Å². The van der Waals surface area contributed by atoms with Gasteiger partial charge >= 0.3 is 0 Å². The fraction of sp³-hybridized carbons (Fsp3) is 0.619. The number of hydrogen-bond donors (Lipinski definition) is 1. The second-order valence-electron chi connectivity index (χ2n) is 8.09. The van der Waals surface area contributed by atoms with Crippen LogP contribution >= 0.6 is 0 Å². The first kappa shape index (κ1) is 17.5. The summed E-state index contributed by atoms with van der Waals surface area (Å²) >= 11 is 0. The molecule has 2 atom stereocenters. The van der Waals surface area contributed by atoms with Crippen LogP contribution in [0.1, 0.15) is 57.3 Å². The molecular weight excluding hydrogens is 324 g/mol. The molecule has 2 fully saturated rings. The number of imidazole rings is 1. The van der Waals surface area contributed by atoms with Crippen LogP contribution in [0.15, 0.2) is 24.3 Å². The van der Waals surface area contributed by atoms with Gasteiger partial charge in [-0.15, -0.1) is 0 Å². The second-order valence-corrected chi connectivity index (χ2v) is 8.09. The van der Waals surface area contributed by atoms with E-state index < -0.39 is 0 Å². The van der Waals surface area contributed by atoms with Gasteiger partial charge in [0.25, 0.3) is 0 Å². The molecule has 5 heteroatoms. The summed E-state index contributed by atoms with van der Waals surface area (Å²) in [6.07, 6.45) is 4.31. The number of nitrogens with zero attached hydrogens (tertiary/aromatic N) is 3. The van der Waals surface area contributed by atoms with Gasteiger partial charge in [-0.2, -0.15) is 0 Å². The molecule has 1 aromatic heterocycles. The zero-order valence-electron chi connectivity index (χ0n) is 15.9. The van der Waals surface area contributed by atoms with Crippen molar-refractivity contribution >= 4 is 16.9 Å². The van der Waals surface area contributed by atoms with Crippen LogP contribution in [-0.4, -0.2) is 46.5 Å². The number of carbonyl (C=O) groups excluding carboxylic acids is 1. The first-order valence-corrected chi connectivity index (χ1v) is 10.1. The molecule has 0 saturated carbocycles. The molecule has 0 radical (unpaired) electrons. The van der Waals surface area contributed by atoms with E-state index in [1.54, 1.807) is 0 Å². The van der Waals surface area contributed by atoms with E-state index in [-0.39, 0.29) is 5.92 Å². The third kappa shape index (κ3) is 3.25. The van der Waals surface area contributed by atoms with Gasteiger partial charge in [0.1, 0.15) is 5.82 Å². The molecule has 5 nitrogen and oxygen atoms in total. The summed E-state index contributed by atoms with van der Waals surface area (Å²) in [6.45, 7) is 8.03. The molecule has 2 aliphatic rings. The summed E-state index contributed by atoms with van der Waals surface area (Å²) in [6, 6.07) is 8.75. The first-order valence-electron chi connectivity index (χ1n) is 10.1. The number of benzene rings is 1. The summed E-state index contributed by atoms with van der Waals surface area (Å²) in [7, 11) is 0. The molecule has 1 amide bonds. The highest BCUT2D eigenvalue weighted by Gasteiger charge is 2.32. The van der Waals surface area contributed by atoms with Crippen LogP contribution < -0.4 is 5.32 Å². The topological polar surface area (TPSA) is 50.2 Å². The van der Waals surface area contributed by atoms with Crippen molar-refractivity contribution in [2.24, 2.45) is 5.92 Å². The van der Waals surface area contributed by atoms with E-state index in [4.69, 9.17) is 4.98 Å². The minimum absolute atomic E-state index is 0.159. The summed E-state index contributed by atoms with van der Waals surface area (Å²) in [5, 5.41) is 3.38. The van der Waals surface area contributed by atoms with Gasteiger partial charge in [-0.3, -0.25) is 4.79 Å². The lowest BCUT2D eigenvalue weighted by Crippen LogP contribution is -2.46. The van der Waals surface area contributed by atoms with Crippen LogP contribution in [0.5, 0.6) is 0 Å². The van der Waals surface area contributed by atoms with Gasteiger partial charge in [-0.25, -0.2) is 4.98 Å². The molecular formula is C21H30N4O. The summed E-state index contributed by atoms with van der Waals surface area (Å²) < 4.78 is 2.37. The number of likely N-dealkylation sites (tertiary alicyclic amines) is 1. The van der Waals surface area contributed by atoms with Crippen molar-refractivity contribution in [3.63, 3.8) is 0 Å². The highest BCUT2D eigenvalue weighted by Crippen LogP contribution is 2.32. The number of carbonyl (C=O) groups is 1. The van der Waals surface area contributed by atoms with E-state index in [1.165, 1.54) is 5.52 Å². The maximum Gasteiger partial charge on any atom is 0.226 e. The van der Waals surface area contributed by atoms with Crippen LogP contribution in [0.4, 0.5) is 0 Å². The molecule has 2 aliphatic heterocycles. The molecule has 140 valence electrons. The third-order valence-corrected chi connectivity index (χ3v) is 5.88. The smallest absolute Gasteiger partial charge is 0.226 e. The van der Waals surface area contributed by atoms with Gasteiger partial charge in [0, 0.05) is 31.6 Å². The minimum atomic E-state index is 0.159. The van der Waals surface area contributed by atoms with Crippen molar-refractivity contribution in [2.75, 3.05) is 26.2 Å². The van der Waals surface area contributed by atoms with Crippen molar-refractivity contribution in [3.8, 4) is 0 Å². The van der Waals surface area contributed by atoms with E-state index in [0.717, 1.165) is 63.2 Å². The predicted molar refractivity (Wildman–Crippen MR) is 104 cm³/mol. The normalized spacial score (nSPS) is 24.3. The number of rotatable bonds is 3. The van der Waals surface area contributed by atoms with Crippen LogP contribution in [0.3, 0.4) is 0 Å². The van der Waals surface area contributed by atoms with Crippen molar-refractivity contribution < 1.29 is 4.79 Å². The number of para-hydroxylation sites is 2. The van der Waals surface area contributed by atoms with E-state index in [1.807, 2.05) is 0 Å². The fourth-order valence-corrected chi connectivity index (χ4v) is 4.60. The fourth-order valence-electron chi connectivity index (χ4n) is 4.60. The molecule has 26 heavy (non-hydrogen) atoms. The Bertz CT molecular complexity index is 775. The van der Waals surface area contributed by atoms with Gasteiger partial charge in [0.2, 0.25) is 5.91 Å². The average molecular weight is 354 g/mol. The number of aromatic nitrogens is 2. The number of piperidine rings is 2. The van der Waals surface area contributed by atoms with Gasteiger partial charge in [0.15, 0.2) is 0 Å². The lowest BCUT2D eigenvalue weighted by atomic mass is 9.93. The van der Waals surface area contributed by atoms with Gasteiger partial charge in [0.05, 0.1) is 17.0 Å². The minimum Gasteiger partial charge on any atom is -0.342 e. The van der Waals surface area contributed by atoms with Gasteiger partial charge in [-0.05, 0) is 58.2 Å². The molecule has 4 rings (SSSR count). The summed E-state index contributed by atoms with van der Waals surface area (Å²) in [4.78, 5) is 20.1. The number of fused-ring (bicyclic) bond motifs is 1. The van der Waals surface area contributed by atoms with Crippen LogP contribution in [-0.2, 0) is 4.79 Å². The Morgan fingerprint density at radius 2 is 2.08 bits per heavy atom. The summed E-state index contributed by atoms with van der Waals surface area (Å²) in [5.41, 5.74) is 2.27. The molecule has 0 bridgehead atoms. The molecule has 2 unspecified atom stereocenters. The van der Waals surface area contributed by atoms with Crippen LogP contribution in [0, 0.1) is 5.92 Å². The number of amides is 1. The molecule has 2 aromatic rings. The van der Waals surface area contributed by atoms with Crippen molar-refractivity contribution in [2.45, 2.75) is 51.5 Å². The van der Waals surface area contributed by atoms with Gasteiger partial charge in [-0.1, -0.05) is 12.1 Å². The van der Waals surface area contributed by atoms with E-state index in [2.05, 4.69) is 52.9 Å². The SMILES string of the molecule is CC(C)n1c(C2CCCN(C(=O)C3CCCNC3)C2)nc2ccccc21. The highest BCUT2D eigenvalue weighted by atomic mass is 16.2. The Kier molecular flexibility index (Phi) is 4.98. The Morgan fingerprint density at radius 3 is 2.85 bits per heavy atom. The highest BCUT2D eigenvalue weighted by molar-refractivity contribution is 5.79.